The highest BCUT2D eigenvalue weighted by molar-refractivity contribution is 6.04. The van der Waals surface area contributed by atoms with Gasteiger partial charge in [0.1, 0.15) is 5.69 Å². The fourth-order valence-electron chi connectivity index (χ4n) is 2.92. The van der Waals surface area contributed by atoms with Crippen molar-refractivity contribution in [2.24, 2.45) is 0 Å². The molecule has 1 aliphatic heterocycles. The first-order chi connectivity index (χ1) is 12.3. The van der Waals surface area contributed by atoms with Crippen LogP contribution in [0.5, 0.6) is 0 Å². The number of anilines is 2. The summed E-state index contributed by atoms with van der Waals surface area (Å²) in [5.41, 5.74) is 0.621. The Morgan fingerprint density at radius 3 is 2.46 bits per heavy atom. The second-order valence-corrected chi connectivity index (χ2v) is 6.27. The van der Waals surface area contributed by atoms with Crippen LogP contribution in [0.3, 0.4) is 0 Å². The molecule has 1 aliphatic rings. The number of carbonyl (C=O) groups excluding carboxylic acids is 1. The van der Waals surface area contributed by atoms with Gasteiger partial charge in [-0.15, -0.1) is 0 Å². The highest BCUT2D eigenvalue weighted by atomic mass is 19.4. The van der Waals surface area contributed by atoms with E-state index < -0.39 is 17.6 Å². The van der Waals surface area contributed by atoms with Gasteiger partial charge in [0.25, 0.3) is 5.91 Å². The average molecular weight is 364 g/mol. The molecule has 1 fully saturated rings. The third kappa shape index (κ3) is 4.12. The Kier molecular flexibility index (Phi) is 5.11. The molecule has 1 saturated heterocycles. The summed E-state index contributed by atoms with van der Waals surface area (Å²) in [6, 6.07) is 3.44. The molecule has 0 aliphatic carbocycles. The quantitative estimate of drug-likeness (QED) is 0.893. The molecule has 0 bridgehead atoms. The van der Waals surface area contributed by atoms with Crippen LogP contribution in [0.25, 0.3) is 0 Å². The van der Waals surface area contributed by atoms with Gasteiger partial charge in [0.2, 0.25) is 0 Å². The van der Waals surface area contributed by atoms with Crippen LogP contribution in [0.2, 0.25) is 0 Å². The van der Waals surface area contributed by atoms with Crippen LogP contribution in [0.15, 0.2) is 30.6 Å². The van der Waals surface area contributed by atoms with Crippen LogP contribution < -0.4 is 10.2 Å². The van der Waals surface area contributed by atoms with Crippen LogP contribution in [0, 0.1) is 6.92 Å². The van der Waals surface area contributed by atoms with Gasteiger partial charge in [-0.05, 0) is 44.4 Å². The minimum absolute atomic E-state index is 0.0533. The second-order valence-electron chi connectivity index (χ2n) is 6.27. The Hall–Kier alpha value is -2.64. The van der Waals surface area contributed by atoms with Crippen LogP contribution in [0.4, 0.5) is 24.5 Å². The Morgan fingerprint density at radius 2 is 1.85 bits per heavy atom. The molecule has 1 aromatic heterocycles. The van der Waals surface area contributed by atoms with E-state index in [4.69, 9.17) is 0 Å². The molecule has 2 aromatic rings. The van der Waals surface area contributed by atoms with E-state index in [-0.39, 0.29) is 11.4 Å². The van der Waals surface area contributed by atoms with Crippen molar-refractivity contribution in [3.05, 3.63) is 47.5 Å². The van der Waals surface area contributed by atoms with E-state index in [0.717, 1.165) is 44.5 Å². The fourth-order valence-corrected chi connectivity index (χ4v) is 2.92. The van der Waals surface area contributed by atoms with Crippen LogP contribution in [-0.4, -0.2) is 29.0 Å². The molecule has 1 amide bonds. The van der Waals surface area contributed by atoms with E-state index >= 15 is 0 Å². The number of alkyl halides is 3. The normalized spacial score (nSPS) is 15.0. The van der Waals surface area contributed by atoms with Gasteiger partial charge in [-0.3, -0.25) is 9.78 Å². The molecule has 8 heteroatoms. The number of amides is 1. The van der Waals surface area contributed by atoms with Gasteiger partial charge in [-0.25, -0.2) is 4.98 Å². The van der Waals surface area contributed by atoms with E-state index in [9.17, 15) is 18.0 Å². The molecule has 2 heterocycles. The van der Waals surface area contributed by atoms with E-state index in [1.165, 1.54) is 18.5 Å². The van der Waals surface area contributed by atoms with Gasteiger partial charge < -0.3 is 10.2 Å². The van der Waals surface area contributed by atoms with Gasteiger partial charge in [0.15, 0.2) is 0 Å². The number of nitrogens with zero attached hydrogens (tertiary/aromatic N) is 3. The van der Waals surface area contributed by atoms with Crippen LogP contribution in [-0.2, 0) is 6.18 Å². The van der Waals surface area contributed by atoms with Crippen molar-refractivity contribution in [1.82, 2.24) is 9.97 Å². The van der Waals surface area contributed by atoms with Crippen molar-refractivity contribution >= 4 is 17.3 Å². The van der Waals surface area contributed by atoms with Gasteiger partial charge >= 0.3 is 6.18 Å². The zero-order valence-corrected chi connectivity index (χ0v) is 14.3. The van der Waals surface area contributed by atoms with Crippen LogP contribution in [0.1, 0.15) is 41.0 Å². The lowest BCUT2D eigenvalue weighted by Gasteiger charge is -2.31. The maximum absolute atomic E-state index is 13.1. The molecule has 0 unspecified atom stereocenters. The summed E-state index contributed by atoms with van der Waals surface area (Å²) in [5, 5.41) is 2.57. The Bertz CT molecular complexity index is 784. The van der Waals surface area contributed by atoms with E-state index in [1.807, 2.05) is 4.90 Å². The zero-order valence-electron chi connectivity index (χ0n) is 14.3. The SMILES string of the molecule is Cc1cnc(C(=O)Nc2cc(C(F)(F)F)ccc2N2CCCCC2)cn1. The van der Waals surface area contributed by atoms with Crippen LogP contribution >= 0.6 is 0 Å². The summed E-state index contributed by atoms with van der Waals surface area (Å²) in [7, 11) is 0. The molecule has 3 rings (SSSR count). The number of piperidine rings is 1. The number of aromatic nitrogens is 2. The first kappa shape index (κ1) is 18.2. The lowest BCUT2D eigenvalue weighted by atomic mass is 10.1. The minimum atomic E-state index is -4.48. The van der Waals surface area contributed by atoms with Gasteiger partial charge in [0, 0.05) is 19.3 Å². The predicted molar refractivity (Wildman–Crippen MR) is 92.2 cm³/mol. The number of benzene rings is 1. The molecule has 138 valence electrons. The maximum atomic E-state index is 13.1. The molecular weight excluding hydrogens is 345 g/mol. The molecule has 0 radical (unpaired) electrons. The number of rotatable bonds is 3. The van der Waals surface area contributed by atoms with Gasteiger partial charge in [-0.2, -0.15) is 13.2 Å². The molecule has 1 N–H and O–H groups in total. The third-order valence-corrected chi connectivity index (χ3v) is 4.28. The lowest BCUT2D eigenvalue weighted by molar-refractivity contribution is -0.137. The summed E-state index contributed by atoms with van der Waals surface area (Å²) in [4.78, 5) is 22.4. The fraction of sp³-hybridized carbons (Fsp3) is 0.389. The highest BCUT2D eigenvalue weighted by Crippen LogP contribution is 2.36. The molecule has 5 nitrogen and oxygen atoms in total. The Labute approximate surface area is 149 Å². The first-order valence-electron chi connectivity index (χ1n) is 8.41. The standard InChI is InChI=1S/C18H19F3N4O/c1-12-10-23-15(11-22-12)17(26)24-14-9-13(18(19,20)21)5-6-16(14)25-7-3-2-4-8-25/h5-6,9-11H,2-4,7-8H2,1H3,(H,24,26). The van der Waals surface area contributed by atoms with Crippen molar-refractivity contribution in [2.45, 2.75) is 32.4 Å². The highest BCUT2D eigenvalue weighted by Gasteiger charge is 2.32. The predicted octanol–water partition coefficient (Wildman–Crippen LogP) is 4.05. The molecule has 0 atom stereocenters. The van der Waals surface area contributed by atoms with Crippen molar-refractivity contribution < 1.29 is 18.0 Å². The lowest BCUT2D eigenvalue weighted by Crippen LogP contribution is -2.30. The van der Waals surface area contributed by atoms with E-state index in [2.05, 4.69) is 15.3 Å². The molecule has 0 spiro atoms. The number of hydrogen-bond acceptors (Lipinski definition) is 4. The molecule has 0 saturated carbocycles. The van der Waals surface area contributed by atoms with E-state index in [0.29, 0.717) is 11.4 Å². The third-order valence-electron chi connectivity index (χ3n) is 4.28. The summed E-state index contributed by atoms with van der Waals surface area (Å²) >= 11 is 0. The van der Waals surface area contributed by atoms with Crippen molar-refractivity contribution in [1.29, 1.82) is 0 Å². The number of nitrogens with one attached hydrogen (secondary N) is 1. The summed E-state index contributed by atoms with van der Waals surface area (Å²) in [6.45, 7) is 3.23. The Balaban J connectivity index is 1.93. The minimum Gasteiger partial charge on any atom is -0.370 e. The van der Waals surface area contributed by atoms with Crippen molar-refractivity contribution in [2.75, 3.05) is 23.3 Å². The largest absolute Gasteiger partial charge is 0.416 e. The van der Waals surface area contributed by atoms with E-state index in [1.54, 1.807) is 6.92 Å². The van der Waals surface area contributed by atoms with Gasteiger partial charge in [0.05, 0.1) is 28.8 Å². The first-order valence-corrected chi connectivity index (χ1v) is 8.41. The average Bonchev–Trinajstić information content (AvgIpc) is 2.62. The molecule has 26 heavy (non-hydrogen) atoms. The number of aryl methyl sites for hydroxylation is 1. The van der Waals surface area contributed by atoms with Gasteiger partial charge in [-0.1, -0.05) is 0 Å². The summed E-state index contributed by atoms with van der Waals surface area (Å²) in [5.74, 6) is -0.588. The second kappa shape index (κ2) is 7.31. The van der Waals surface area contributed by atoms with Crippen molar-refractivity contribution in [3.63, 3.8) is 0 Å². The zero-order chi connectivity index (χ0) is 18.7. The van der Waals surface area contributed by atoms with Crippen molar-refractivity contribution in [3.8, 4) is 0 Å². The Morgan fingerprint density at radius 1 is 1.12 bits per heavy atom. The summed E-state index contributed by atoms with van der Waals surface area (Å²) in [6.07, 6.45) is 1.29. The summed E-state index contributed by atoms with van der Waals surface area (Å²) < 4.78 is 39.3. The molecular formula is C18H19F3N4O. The monoisotopic (exact) mass is 364 g/mol. The number of hydrogen-bond donors (Lipinski definition) is 1. The number of carbonyl (C=O) groups is 1. The maximum Gasteiger partial charge on any atom is 0.416 e. The topological polar surface area (TPSA) is 58.1 Å². The smallest absolute Gasteiger partial charge is 0.370 e. The molecule has 1 aromatic carbocycles. The number of halogens is 3.